The second-order valence-electron chi connectivity index (χ2n) is 6.70. The predicted molar refractivity (Wildman–Crippen MR) is 85.1 cm³/mol. The van der Waals surface area contributed by atoms with Gasteiger partial charge >= 0.3 is 16.4 Å². The highest BCUT2D eigenvalue weighted by Crippen LogP contribution is 2.31. The number of hydroxylamine groups is 2. The van der Waals surface area contributed by atoms with Crippen LogP contribution in [0.4, 0.5) is 4.79 Å². The molecule has 0 spiro atoms. The summed E-state index contributed by atoms with van der Waals surface area (Å²) in [6.45, 7) is 0.770. The number of nitrogens with zero attached hydrogens (tertiary/aromatic N) is 4. The molecule has 26 heavy (non-hydrogen) atoms. The number of piperidine rings is 1. The molecule has 3 aliphatic rings. The standard InChI is InChI=1S/C13H21N5O7S/c1-15-6-2-3-9(15)11(19)17(14)12(20)10-5-4-8-7-16(10)13(21)18(8)25-26(22,23)24/h8-10H,2-7,14H2,1H3,(H,22,23,24). The molecular weight excluding hydrogens is 370 g/mol. The van der Waals surface area contributed by atoms with Crippen LogP contribution < -0.4 is 5.84 Å². The van der Waals surface area contributed by atoms with Crippen LogP contribution in [0.1, 0.15) is 25.7 Å². The number of urea groups is 1. The Morgan fingerprint density at radius 3 is 2.46 bits per heavy atom. The molecule has 3 heterocycles. The number of nitrogens with two attached hydrogens (primary N) is 1. The first-order valence-electron chi connectivity index (χ1n) is 8.19. The Kier molecular flexibility index (Phi) is 4.92. The van der Waals surface area contributed by atoms with Gasteiger partial charge in [0.25, 0.3) is 11.8 Å². The quantitative estimate of drug-likeness (QED) is 0.188. The van der Waals surface area contributed by atoms with Crippen molar-refractivity contribution in [1.82, 2.24) is 19.9 Å². The van der Waals surface area contributed by atoms with Gasteiger partial charge in [-0.3, -0.25) is 19.0 Å². The number of likely N-dealkylation sites (N-methyl/N-ethyl adjacent to an activating group) is 1. The van der Waals surface area contributed by atoms with Crippen molar-refractivity contribution in [3.05, 3.63) is 0 Å². The summed E-state index contributed by atoms with van der Waals surface area (Å²) in [6, 6.07) is -2.96. The average Bonchev–Trinajstić information content (AvgIpc) is 3.10. The monoisotopic (exact) mass is 391 g/mol. The van der Waals surface area contributed by atoms with E-state index < -0.39 is 46.4 Å². The number of rotatable bonds is 4. The van der Waals surface area contributed by atoms with E-state index >= 15 is 0 Å². The maximum atomic E-state index is 12.7. The van der Waals surface area contributed by atoms with Crippen LogP contribution in [0.2, 0.25) is 0 Å². The lowest BCUT2D eigenvalue weighted by atomic mass is 10.00. The highest BCUT2D eigenvalue weighted by Gasteiger charge is 2.50. The van der Waals surface area contributed by atoms with Crippen molar-refractivity contribution in [1.29, 1.82) is 0 Å². The lowest BCUT2D eigenvalue weighted by Crippen LogP contribution is -2.58. The van der Waals surface area contributed by atoms with E-state index in [9.17, 15) is 22.8 Å². The molecule has 3 N–H and O–H groups in total. The molecule has 146 valence electrons. The second-order valence-corrected chi connectivity index (χ2v) is 7.70. The molecule has 0 radical (unpaired) electrons. The van der Waals surface area contributed by atoms with Crippen LogP contribution in [0, 0.1) is 0 Å². The fourth-order valence-corrected chi connectivity index (χ4v) is 4.13. The van der Waals surface area contributed by atoms with Crippen LogP contribution in [0.5, 0.6) is 0 Å². The van der Waals surface area contributed by atoms with Crippen LogP contribution in [0.25, 0.3) is 0 Å². The van der Waals surface area contributed by atoms with Crippen LogP contribution in [-0.4, -0.2) is 89.0 Å². The summed E-state index contributed by atoms with van der Waals surface area (Å²) < 4.78 is 34.9. The van der Waals surface area contributed by atoms with E-state index in [0.717, 1.165) is 17.9 Å². The van der Waals surface area contributed by atoms with Gasteiger partial charge in [-0.2, -0.15) is 13.5 Å². The van der Waals surface area contributed by atoms with Crippen LogP contribution in [0.3, 0.4) is 0 Å². The van der Waals surface area contributed by atoms with Gasteiger partial charge in [0, 0.05) is 6.54 Å². The average molecular weight is 391 g/mol. The van der Waals surface area contributed by atoms with Gasteiger partial charge in [0.1, 0.15) is 6.04 Å². The molecule has 0 aromatic rings. The third kappa shape index (κ3) is 3.40. The zero-order valence-corrected chi connectivity index (χ0v) is 15.0. The molecule has 13 heteroatoms. The van der Waals surface area contributed by atoms with Gasteiger partial charge < -0.3 is 4.90 Å². The van der Waals surface area contributed by atoms with Crippen molar-refractivity contribution in [3.8, 4) is 0 Å². The molecule has 3 rings (SSSR count). The van der Waals surface area contributed by atoms with E-state index in [1.54, 1.807) is 7.05 Å². The first-order valence-corrected chi connectivity index (χ1v) is 9.56. The molecule has 4 amide bonds. The van der Waals surface area contributed by atoms with Crippen molar-refractivity contribution in [2.45, 2.75) is 43.8 Å². The van der Waals surface area contributed by atoms with E-state index in [1.165, 1.54) is 0 Å². The lowest BCUT2D eigenvalue weighted by molar-refractivity contribution is -0.151. The summed E-state index contributed by atoms with van der Waals surface area (Å²) in [5, 5.41) is 1.09. The molecule has 3 unspecified atom stereocenters. The number of likely N-dealkylation sites (tertiary alicyclic amines) is 1. The largest absolute Gasteiger partial charge is 0.418 e. The maximum Gasteiger partial charge on any atom is 0.418 e. The summed E-state index contributed by atoms with van der Waals surface area (Å²) in [6.07, 6.45) is 1.88. The van der Waals surface area contributed by atoms with Gasteiger partial charge in [0.2, 0.25) is 0 Å². The molecule has 0 aliphatic carbocycles. The Morgan fingerprint density at radius 2 is 1.88 bits per heavy atom. The van der Waals surface area contributed by atoms with Crippen molar-refractivity contribution in [2.75, 3.05) is 20.1 Å². The molecular formula is C13H21N5O7S. The first-order chi connectivity index (χ1) is 12.1. The van der Waals surface area contributed by atoms with Crippen molar-refractivity contribution >= 4 is 28.2 Å². The summed E-state index contributed by atoms with van der Waals surface area (Å²) in [5.41, 5.74) is 0. The van der Waals surface area contributed by atoms with Crippen LogP contribution in [-0.2, 0) is 24.3 Å². The van der Waals surface area contributed by atoms with E-state index in [0.29, 0.717) is 16.5 Å². The van der Waals surface area contributed by atoms with Gasteiger partial charge in [-0.25, -0.2) is 15.6 Å². The second kappa shape index (κ2) is 6.74. The summed E-state index contributed by atoms with van der Waals surface area (Å²) in [7, 11) is -3.09. The third-order valence-corrected chi connectivity index (χ3v) is 5.41. The Balaban J connectivity index is 1.71. The number of hydrogen-bond acceptors (Lipinski definition) is 8. The fraction of sp³-hybridized carbons (Fsp3) is 0.769. The molecule has 0 saturated carbocycles. The summed E-state index contributed by atoms with van der Waals surface area (Å²) in [4.78, 5) is 40.4. The minimum Gasteiger partial charge on any atom is -0.309 e. The number of hydrogen-bond donors (Lipinski definition) is 2. The fourth-order valence-electron chi connectivity index (χ4n) is 3.74. The normalized spacial score (nSPS) is 29.3. The molecule has 3 saturated heterocycles. The summed E-state index contributed by atoms with van der Waals surface area (Å²) >= 11 is 0. The van der Waals surface area contributed by atoms with Crippen LogP contribution in [0.15, 0.2) is 0 Å². The molecule has 3 aliphatic heterocycles. The number of amides is 4. The van der Waals surface area contributed by atoms with Gasteiger partial charge in [-0.15, -0.1) is 4.28 Å². The first kappa shape index (κ1) is 19.0. The van der Waals surface area contributed by atoms with Gasteiger partial charge in [-0.1, -0.05) is 0 Å². The molecule has 0 aromatic carbocycles. The van der Waals surface area contributed by atoms with Crippen molar-refractivity contribution in [2.24, 2.45) is 5.84 Å². The number of carbonyl (C=O) groups excluding carboxylic acids is 3. The highest BCUT2D eigenvalue weighted by atomic mass is 32.3. The van der Waals surface area contributed by atoms with E-state index in [2.05, 4.69) is 4.28 Å². The zero-order chi connectivity index (χ0) is 19.2. The van der Waals surface area contributed by atoms with E-state index in [1.807, 2.05) is 4.90 Å². The van der Waals surface area contributed by atoms with Gasteiger partial charge in [-0.05, 0) is 39.3 Å². The third-order valence-electron chi connectivity index (χ3n) is 5.06. The smallest absolute Gasteiger partial charge is 0.309 e. The Bertz CT molecular complexity index is 728. The Hall–Kier alpha value is -1.80. The number of hydrazine groups is 1. The highest BCUT2D eigenvalue weighted by molar-refractivity contribution is 7.80. The topological polar surface area (TPSA) is 154 Å². The van der Waals surface area contributed by atoms with E-state index in [4.69, 9.17) is 10.4 Å². The van der Waals surface area contributed by atoms with Crippen molar-refractivity contribution < 1.29 is 31.6 Å². The summed E-state index contributed by atoms with van der Waals surface area (Å²) in [5.74, 6) is 4.48. The van der Waals surface area contributed by atoms with Crippen molar-refractivity contribution in [3.63, 3.8) is 0 Å². The number of carbonyl (C=O) groups is 3. The minimum absolute atomic E-state index is 0.0378. The number of imide groups is 1. The van der Waals surface area contributed by atoms with Gasteiger partial charge in [0.15, 0.2) is 0 Å². The molecule has 3 fully saturated rings. The van der Waals surface area contributed by atoms with Gasteiger partial charge in [0.05, 0.1) is 12.1 Å². The minimum atomic E-state index is -4.87. The molecule has 3 atom stereocenters. The molecule has 0 aromatic heterocycles. The molecule has 12 nitrogen and oxygen atoms in total. The van der Waals surface area contributed by atoms with E-state index in [-0.39, 0.29) is 19.4 Å². The Labute approximate surface area is 150 Å². The Morgan fingerprint density at radius 1 is 1.23 bits per heavy atom. The lowest BCUT2D eigenvalue weighted by Gasteiger charge is -2.32. The molecule has 2 bridgehead atoms. The predicted octanol–water partition coefficient (Wildman–Crippen LogP) is -1.69. The zero-order valence-electron chi connectivity index (χ0n) is 14.1. The SMILES string of the molecule is CN1CCCC1C(=O)N(N)C(=O)C1CCC2CN1C(=O)N2OS(=O)(=O)O. The van der Waals surface area contributed by atoms with Crippen LogP contribution >= 0.6 is 0 Å². The number of fused-ring (bicyclic) bond motifs is 2. The maximum absolute atomic E-state index is 12.7.